The molecule has 1 N–H and O–H groups in total. The van der Waals surface area contributed by atoms with E-state index in [9.17, 15) is 5.11 Å². The molecule has 0 radical (unpaired) electrons. The smallest absolute Gasteiger partial charge is 0.0826 e. The van der Waals surface area contributed by atoms with Crippen LogP contribution in [0, 0.1) is 12.8 Å². The average Bonchev–Trinajstić information content (AvgIpc) is 2.46. The van der Waals surface area contributed by atoms with Gasteiger partial charge in [-0.15, -0.1) is 0 Å². The minimum atomic E-state index is -0.311. The van der Waals surface area contributed by atoms with Gasteiger partial charge in [-0.25, -0.2) is 0 Å². The van der Waals surface area contributed by atoms with E-state index < -0.39 is 0 Å². The Balaban J connectivity index is 1.96. The predicted octanol–water partition coefficient (Wildman–Crippen LogP) is 5.54. The number of hydrogen-bond donors (Lipinski definition) is 1. The first kappa shape index (κ1) is 14.6. The van der Waals surface area contributed by atoms with Crippen molar-refractivity contribution in [1.82, 2.24) is 0 Å². The van der Waals surface area contributed by atoms with Crippen molar-refractivity contribution in [3.63, 3.8) is 0 Å². The standard InChI is InChI=1S/C20H26O/c1-15-13-14-16-9-7-8-12-18(16)19(15)20(21)17-10-5-3-2-4-6-11-17/h7-9,12-14,17,20-21H,2-6,10-11H2,1H3. The zero-order chi connectivity index (χ0) is 14.7. The van der Waals surface area contributed by atoms with Gasteiger partial charge in [-0.2, -0.15) is 0 Å². The van der Waals surface area contributed by atoms with Gasteiger partial charge in [-0.05, 0) is 47.6 Å². The van der Waals surface area contributed by atoms with E-state index >= 15 is 0 Å². The van der Waals surface area contributed by atoms with Crippen LogP contribution in [0.25, 0.3) is 10.8 Å². The van der Waals surface area contributed by atoms with Crippen LogP contribution in [0.3, 0.4) is 0 Å². The lowest BCUT2D eigenvalue weighted by Crippen LogP contribution is -2.15. The van der Waals surface area contributed by atoms with E-state index in [-0.39, 0.29) is 6.10 Å². The van der Waals surface area contributed by atoms with Crippen molar-refractivity contribution in [3.05, 3.63) is 47.5 Å². The number of rotatable bonds is 2. The van der Waals surface area contributed by atoms with Gasteiger partial charge in [0, 0.05) is 0 Å². The Labute approximate surface area is 128 Å². The molecule has 1 fully saturated rings. The number of benzene rings is 2. The van der Waals surface area contributed by atoms with E-state index in [4.69, 9.17) is 0 Å². The van der Waals surface area contributed by atoms with Crippen molar-refractivity contribution in [1.29, 1.82) is 0 Å². The molecule has 0 saturated heterocycles. The van der Waals surface area contributed by atoms with Crippen molar-refractivity contribution >= 4 is 10.8 Å². The summed E-state index contributed by atoms with van der Waals surface area (Å²) in [7, 11) is 0. The normalized spacial score (nSPS) is 19.1. The van der Waals surface area contributed by atoms with Crippen molar-refractivity contribution in [3.8, 4) is 0 Å². The second-order valence-corrected chi connectivity index (χ2v) is 6.57. The number of aryl methyl sites for hydroxylation is 1. The Morgan fingerprint density at radius 3 is 2.33 bits per heavy atom. The van der Waals surface area contributed by atoms with E-state index in [1.807, 2.05) is 0 Å². The molecule has 1 atom stereocenters. The van der Waals surface area contributed by atoms with Crippen LogP contribution in [0.5, 0.6) is 0 Å². The SMILES string of the molecule is Cc1ccc2ccccc2c1C(O)C1CCCCCCC1. The first-order valence-corrected chi connectivity index (χ1v) is 8.43. The maximum absolute atomic E-state index is 11.0. The van der Waals surface area contributed by atoms with Crippen molar-refractivity contribution in [2.45, 2.75) is 58.0 Å². The molecular weight excluding hydrogens is 256 g/mol. The maximum atomic E-state index is 11.0. The highest BCUT2D eigenvalue weighted by Crippen LogP contribution is 2.37. The fraction of sp³-hybridized carbons (Fsp3) is 0.500. The van der Waals surface area contributed by atoms with Gasteiger partial charge in [0.2, 0.25) is 0 Å². The van der Waals surface area contributed by atoms with Crippen LogP contribution in [0.1, 0.15) is 62.2 Å². The highest BCUT2D eigenvalue weighted by molar-refractivity contribution is 5.87. The molecule has 1 aliphatic carbocycles. The van der Waals surface area contributed by atoms with Crippen molar-refractivity contribution in [2.75, 3.05) is 0 Å². The quantitative estimate of drug-likeness (QED) is 0.766. The highest BCUT2D eigenvalue weighted by atomic mass is 16.3. The summed E-state index contributed by atoms with van der Waals surface area (Å²) in [4.78, 5) is 0. The lowest BCUT2D eigenvalue weighted by molar-refractivity contribution is 0.0920. The van der Waals surface area contributed by atoms with Crippen LogP contribution in [0.4, 0.5) is 0 Å². The fourth-order valence-corrected chi connectivity index (χ4v) is 3.84. The average molecular weight is 282 g/mol. The summed E-state index contributed by atoms with van der Waals surface area (Å²) in [5.74, 6) is 0.426. The topological polar surface area (TPSA) is 20.2 Å². The molecule has 0 aromatic heterocycles. The molecular formula is C20H26O. The first-order chi connectivity index (χ1) is 10.3. The third-order valence-corrected chi connectivity index (χ3v) is 5.08. The fourth-order valence-electron chi connectivity index (χ4n) is 3.84. The second-order valence-electron chi connectivity index (χ2n) is 6.57. The van der Waals surface area contributed by atoms with Crippen LogP contribution in [-0.4, -0.2) is 5.11 Å². The van der Waals surface area contributed by atoms with Gasteiger partial charge in [0.1, 0.15) is 0 Å². The Bertz CT molecular complexity index is 594. The Morgan fingerprint density at radius 2 is 1.57 bits per heavy atom. The molecule has 1 aliphatic rings. The predicted molar refractivity (Wildman–Crippen MR) is 89.5 cm³/mol. The number of aliphatic hydroxyl groups is 1. The highest BCUT2D eigenvalue weighted by Gasteiger charge is 2.24. The molecule has 112 valence electrons. The van der Waals surface area contributed by atoms with E-state index in [0.29, 0.717) is 5.92 Å². The lowest BCUT2D eigenvalue weighted by atomic mass is 9.82. The minimum absolute atomic E-state index is 0.311. The Morgan fingerprint density at radius 1 is 0.905 bits per heavy atom. The van der Waals surface area contributed by atoms with Crippen LogP contribution < -0.4 is 0 Å². The molecule has 1 unspecified atom stereocenters. The van der Waals surface area contributed by atoms with E-state index in [0.717, 1.165) is 0 Å². The van der Waals surface area contributed by atoms with Crippen LogP contribution in [0.15, 0.2) is 36.4 Å². The molecule has 1 saturated carbocycles. The summed E-state index contributed by atoms with van der Waals surface area (Å²) >= 11 is 0. The summed E-state index contributed by atoms with van der Waals surface area (Å²) in [6, 6.07) is 12.8. The van der Waals surface area contributed by atoms with Gasteiger partial charge < -0.3 is 5.11 Å². The minimum Gasteiger partial charge on any atom is -0.388 e. The maximum Gasteiger partial charge on any atom is 0.0826 e. The Hall–Kier alpha value is -1.34. The van der Waals surface area contributed by atoms with E-state index in [1.165, 1.54) is 66.8 Å². The van der Waals surface area contributed by atoms with E-state index in [1.54, 1.807) is 0 Å². The summed E-state index contributed by atoms with van der Waals surface area (Å²) in [5, 5.41) is 13.5. The lowest BCUT2D eigenvalue weighted by Gasteiger charge is -2.27. The zero-order valence-electron chi connectivity index (χ0n) is 13.0. The number of hydrogen-bond acceptors (Lipinski definition) is 1. The Kier molecular flexibility index (Phi) is 4.60. The number of aliphatic hydroxyl groups excluding tert-OH is 1. The van der Waals surface area contributed by atoms with Gasteiger partial charge >= 0.3 is 0 Å². The zero-order valence-corrected chi connectivity index (χ0v) is 13.0. The molecule has 21 heavy (non-hydrogen) atoms. The van der Waals surface area contributed by atoms with Crippen LogP contribution >= 0.6 is 0 Å². The molecule has 0 heterocycles. The monoisotopic (exact) mass is 282 g/mol. The second kappa shape index (κ2) is 6.62. The van der Waals surface area contributed by atoms with Crippen LogP contribution in [-0.2, 0) is 0 Å². The molecule has 0 bridgehead atoms. The van der Waals surface area contributed by atoms with Gasteiger partial charge in [-0.3, -0.25) is 0 Å². The third kappa shape index (κ3) is 3.13. The molecule has 0 amide bonds. The van der Waals surface area contributed by atoms with Gasteiger partial charge in [0.25, 0.3) is 0 Å². The third-order valence-electron chi connectivity index (χ3n) is 5.08. The first-order valence-electron chi connectivity index (χ1n) is 8.43. The van der Waals surface area contributed by atoms with E-state index in [2.05, 4.69) is 43.3 Å². The molecule has 0 spiro atoms. The molecule has 0 aliphatic heterocycles. The molecule has 2 aromatic carbocycles. The van der Waals surface area contributed by atoms with Gasteiger partial charge in [0.15, 0.2) is 0 Å². The summed E-state index contributed by atoms with van der Waals surface area (Å²) in [6.45, 7) is 2.13. The summed E-state index contributed by atoms with van der Waals surface area (Å²) in [5.41, 5.74) is 2.39. The van der Waals surface area contributed by atoms with Crippen molar-refractivity contribution in [2.24, 2.45) is 5.92 Å². The van der Waals surface area contributed by atoms with Gasteiger partial charge in [0.05, 0.1) is 6.10 Å². The molecule has 1 nitrogen and oxygen atoms in total. The van der Waals surface area contributed by atoms with Gasteiger partial charge in [-0.1, -0.05) is 68.5 Å². The van der Waals surface area contributed by atoms with Crippen LogP contribution in [0.2, 0.25) is 0 Å². The van der Waals surface area contributed by atoms with Crippen molar-refractivity contribution < 1.29 is 5.11 Å². The summed E-state index contributed by atoms with van der Waals surface area (Å²) < 4.78 is 0. The number of fused-ring (bicyclic) bond motifs is 1. The molecule has 3 rings (SSSR count). The largest absolute Gasteiger partial charge is 0.388 e. The molecule has 2 aromatic rings. The molecule has 1 heteroatoms. The summed E-state index contributed by atoms with van der Waals surface area (Å²) in [6.07, 6.45) is 8.60.